The van der Waals surface area contributed by atoms with Gasteiger partial charge in [0, 0.05) is 34.7 Å². The van der Waals surface area contributed by atoms with Gasteiger partial charge in [0.1, 0.15) is 18.1 Å². The monoisotopic (exact) mass is 473 g/mol. The molecule has 1 aliphatic rings. The van der Waals surface area contributed by atoms with Crippen LogP contribution < -0.4 is 9.64 Å². The number of benzene rings is 2. The van der Waals surface area contributed by atoms with E-state index in [4.69, 9.17) is 9.26 Å². The first kappa shape index (κ1) is 22.8. The average Bonchev–Trinajstić information content (AvgIpc) is 3.53. The number of para-hydroxylation sites is 1. The molecule has 3 heterocycles. The molecule has 9 heteroatoms. The Morgan fingerprint density at radius 1 is 1.14 bits per heavy atom. The number of ether oxygens (including phenoxy) is 1. The van der Waals surface area contributed by atoms with Gasteiger partial charge in [0.15, 0.2) is 0 Å². The number of anilines is 1. The van der Waals surface area contributed by atoms with Crippen LogP contribution in [-0.2, 0) is 5.41 Å². The van der Waals surface area contributed by atoms with Crippen LogP contribution in [0.3, 0.4) is 0 Å². The number of aromatic nitrogens is 4. The lowest BCUT2D eigenvalue weighted by atomic mass is 9.85. The van der Waals surface area contributed by atoms with Crippen molar-refractivity contribution in [2.45, 2.75) is 39.2 Å². The molecule has 1 atom stereocenters. The number of fused-ring (bicyclic) bond motifs is 1. The molecule has 5 rings (SSSR count). The number of H-pyrrole nitrogens is 1. The first-order chi connectivity index (χ1) is 16.8. The second-order valence-corrected chi connectivity index (χ2v) is 9.48. The van der Waals surface area contributed by atoms with Gasteiger partial charge in [-0.15, -0.1) is 0 Å². The van der Waals surface area contributed by atoms with Crippen molar-refractivity contribution in [2.24, 2.45) is 0 Å². The molecule has 1 aliphatic heterocycles. The fraction of sp³-hybridized carbons (Fsp3) is 0.308. The maximum absolute atomic E-state index is 13.7. The number of amides is 1. The molecule has 9 nitrogen and oxygen atoms in total. The van der Waals surface area contributed by atoms with Crippen molar-refractivity contribution in [1.29, 1.82) is 0 Å². The molecule has 35 heavy (non-hydrogen) atoms. The summed E-state index contributed by atoms with van der Waals surface area (Å²) in [7, 11) is 0. The van der Waals surface area contributed by atoms with Gasteiger partial charge >= 0.3 is 0 Å². The lowest BCUT2D eigenvalue weighted by molar-refractivity contribution is 0.0988. The lowest BCUT2D eigenvalue weighted by Gasteiger charge is -2.29. The Morgan fingerprint density at radius 2 is 1.89 bits per heavy atom. The highest BCUT2D eigenvalue weighted by molar-refractivity contribution is 6.11. The van der Waals surface area contributed by atoms with Crippen LogP contribution in [0.25, 0.3) is 11.4 Å². The number of rotatable bonds is 6. The minimum atomic E-state index is -0.460. The normalized spacial score (nSPS) is 15.5. The Hall–Kier alpha value is -3.98. The van der Waals surface area contributed by atoms with Crippen molar-refractivity contribution in [3.8, 4) is 17.1 Å². The summed E-state index contributed by atoms with van der Waals surface area (Å²) in [4.78, 5) is 19.8. The molecular weight excluding hydrogens is 446 g/mol. The van der Waals surface area contributed by atoms with Crippen molar-refractivity contribution in [3.63, 3.8) is 0 Å². The molecule has 0 fully saturated rings. The van der Waals surface area contributed by atoms with E-state index in [1.165, 1.54) is 0 Å². The zero-order valence-electron chi connectivity index (χ0n) is 20.1. The van der Waals surface area contributed by atoms with Crippen molar-refractivity contribution < 1.29 is 19.2 Å². The minimum absolute atomic E-state index is 0.108. The molecule has 0 saturated heterocycles. The van der Waals surface area contributed by atoms with Crippen LogP contribution in [0.1, 0.15) is 60.0 Å². The molecule has 2 aromatic heterocycles. The predicted octanol–water partition coefficient (Wildman–Crippen LogP) is 4.19. The van der Waals surface area contributed by atoms with Gasteiger partial charge < -0.3 is 14.4 Å². The van der Waals surface area contributed by atoms with Crippen molar-refractivity contribution >= 4 is 11.6 Å². The number of carbonyl (C=O) groups excluding carboxylic acids is 1. The Bertz CT molecular complexity index is 1370. The highest BCUT2D eigenvalue weighted by Crippen LogP contribution is 2.47. The van der Waals surface area contributed by atoms with E-state index in [0.29, 0.717) is 28.8 Å². The van der Waals surface area contributed by atoms with E-state index in [-0.39, 0.29) is 24.5 Å². The molecule has 180 valence electrons. The summed E-state index contributed by atoms with van der Waals surface area (Å²) in [5.41, 5.74) is 4.15. The van der Waals surface area contributed by atoms with Gasteiger partial charge in [0.25, 0.3) is 5.91 Å². The largest absolute Gasteiger partial charge is 0.491 e. The number of aliphatic hydroxyl groups is 1. The fourth-order valence-corrected chi connectivity index (χ4v) is 4.46. The number of hydrogen-bond acceptors (Lipinski definition) is 7. The van der Waals surface area contributed by atoms with Crippen LogP contribution in [0, 0.1) is 6.92 Å². The van der Waals surface area contributed by atoms with Crippen LogP contribution in [-0.4, -0.2) is 44.6 Å². The van der Waals surface area contributed by atoms with Gasteiger partial charge in [-0.1, -0.05) is 44.1 Å². The molecule has 1 unspecified atom stereocenters. The number of aromatic amines is 1. The highest BCUT2D eigenvalue weighted by atomic mass is 16.5. The quantitative estimate of drug-likeness (QED) is 0.431. The second kappa shape index (κ2) is 8.66. The van der Waals surface area contributed by atoms with Crippen molar-refractivity contribution in [3.05, 3.63) is 76.9 Å². The van der Waals surface area contributed by atoms with Gasteiger partial charge in [0.05, 0.1) is 18.3 Å². The van der Waals surface area contributed by atoms with E-state index in [1.54, 1.807) is 11.8 Å². The van der Waals surface area contributed by atoms with Gasteiger partial charge in [0.2, 0.25) is 11.7 Å². The van der Waals surface area contributed by atoms with Crippen LogP contribution in [0.4, 0.5) is 5.69 Å². The maximum atomic E-state index is 13.7. The average molecular weight is 474 g/mol. The van der Waals surface area contributed by atoms with Gasteiger partial charge in [-0.05, 0) is 30.3 Å². The Labute approximate surface area is 202 Å². The van der Waals surface area contributed by atoms with Crippen LogP contribution >= 0.6 is 0 Å². The number of aryl methyl sites for hydroxylation is 1. The molecule has 0 aliphatic carbocycles. The number of nitrogens with zero attached hydrogens (tertiary/aromatic N) is 4. The van der Waals surface area contributed by atoms with Crippen LogP contribution in [0.5, 0.6) is 5.75 Å². The van der Waals surface area contributed by atoms with Crippen LogP contribution in [0.2, 0.25) is 0 Å². The van der Waals surface area contributed by atoms with E-state index < -0.39 is 6.04 Å². The topological polar surface area (TPSA) is 117 Å². The fourth-order valence-electron chi connectivity index (χ4n) is 4.46. The number of hydrogen-bond donors (Lipinski definition) is 2. The van der Waals surface area contributed by atoms with E-state index in [1.807, 2.05) is 48.5 Å². The first-order valence-electron chi connectivity index (χ1n) is 11.4. The molecule has 2 N–H and O–H groups in total. The van der Waals surface area contributed by atoms with E-state index in [9.17, 15) is 9.90 Å². The Balaban J connectivity index is 1.64. The third kappa shape index (κ3) is 3.97. The summed E-state index contributed by atoms with van der Waals surface area (Å²) in [6, 6.07) is 14.6. The summed E-state index contributed by atoms with van der Waals surface area (Å²) in [6.45, 7) is 8.00. The molecule has 1 amide bonds. The smallest absolute Gasteiger partial charge is 0.277 e. The zero-order chi connectivity index (χ0) is 24.7. The van der Waals surface area contributed by atoms with E-state index in [2.05, 4.69) is 41.1 Å². The molecular formula is C26H27N5O4. The maximum Gasteiger partial charge on any atom is 0.277 e. The van der Waals surface area contributed by atoms with Gasteiger partial charge in [-0.3, -0.25) is 14.8 Å². The highest BCUT2D eigenvalue weighted by Gasteiger charge is 2.45. The summed E-state index contributed by atoms with van der Waals surface area (Å²) < 4.78 is 11.0. The van der Waals surface area contributed by atoms with Crippen molar-refractivity contribution in [1.82, 2.24) is 20.3 Å². The third-order valence-electron chi connectivity index (χ3n) is 5.97. The Kier molecular flexibility index (Phi) is 5.64. The summed E-state index contributed by atoms with van der Waals surface area (Å²) in [5.74, 6) is 1.41. The summed E-state index contributed by atoms with van der Waals surface area (Å²) >= 11 is 0. The number of aliphatic hydroxyl groups excluding tert-OH is 1. The molecule has 0 spiro atoms. The van der Waals surface area contributed by atoms with Crippen molar-refractivity contribution in [2.75, 3.05) is 18.1 Å². The molecule has 0 saturated carbocycles. The van der Waals surface area contributed by atoms with E-state index >= 15 is 0 Å². The van der Waals surface area contributed by atoms with Crippen LogP contribution in [0.15, 0.2) is 53.1 Å². The first-order valence-corrected chi connectivity index (χ1v) is 11.4. The minimum Gasteiger partial charge on any atom is -0.491 e. The zero-order valence-corrected chi connectivity index (χ0v) is 20.1. The standard InChI is InChI=1S/C26H27N5O4/c1-15-27-24(30-35-15)16-9-11-17(12-10-16)31-22(18-7-5-6-8-19(18)34-14-13-32)20-21(25(31)33)28-29-23(20)26(2,3)4/h5-12,22,32H,13-14H2,1-4H3,(H,28,29). The van der Waals surface area contributed by atoms with E-state index in [0.717, 1.165) is 22.4 Å². The summed E-state index contributed by atoms with van der Waals surface area (Å²) in [6.07, 6.45) is 0. The molecule has 0 bridgehead atoms. The predicted molar refractivity (Wildman–Crippen MR) is 129 cm³/mol. The third-order valence-corrected chi connectivity index (χ3v) is 5.97. The second-order valence-electron chi connectivity index (χ2n) is 9.48. The SMILES string of the molecule is Cc1nc(-c2ccc(N3C(=O)c4[nH]nc(C(C)(C)C)c4C3c3ccccc3OCCO)cc2)no1. The number of carbonyl (C=O) groups is 1. The molecule has 4 aromatic rings. The Morgan fingerprint density at radius 3 is 2.54 bits per heavy atom. The summed E-state index contributed by atoms with van der Waals surface area (Å²) in [5, 5.41) is 20.8. The molecule has 0 radical (unpaired) electrons. The van der Waals surface area contributed by atoms with Gasteiger partial charge in [-0.2, -0.15) is 10.1 Å². The molecule has 2 aromatic carbocycles. The van der Waals surface area contributed by atoms with Gasteiger partial charge in [-0.25, -0.2) is 0 Å². The number of nitrogens with one attached hydrogen (secondary N) is 1. The lowest BCUT2D eigenvalue weighted by Crippen LogP contribution is -2.30.